The highest BCUT2D eigenvalue weighted by Gasteiger charge is 2.25. The van der Waals surface area contributed by atoms with E-state index in [9.17, 15) is 9.59 Å². The van der Waals surface area contributed by atoms with E-state index in [0.717, 1.165) is 25.0 Å². The quantitative estimate of drug-likeness (QED) is 0.467. The molecule has 0 aliphatic carbocycles. The molecule has 1 heterocycles. The molecule has 1 aromatic heterocycles. The molecule has 0 unspecified atom stereocenters. The van der Waals surface area contributed by atoms with Crippen LogP contribution < -0.4 is 0 Å². The standard InChI is InChI=1S/C23H41N3O3/c1-7-9-14-25(18-20-12-10-13-24(20)6)22(28)19-26(15-11-16-29-8-2)21(27)17-23(3,4)5/h10,12-13H,7-9,11,14-19H2,1-6H3. The van der Waals surface area contributed by atoms with Crippen LogP contribution in [-0.4, -0.2) is 59.0 Å². The third-order valence-electron chi connectivity index (χ3n) is 4.82. The van der Waals surface area contributed by atoms with Crippen molar-refractivity contribution in [2.24, 2.45) is 12.5 Å². The maximum Gasteiger partial charge on any atom is 0.242 e. The first-order chi connectivity index (χ1) is 13.7. The van der Waals surface area contributed by atoms with Gasteiger partial charge in [0.25, 0.3) is 0 Å². The summed E-state index contributed by atoms with van der Waals surface area (Å²) in [6.07, 6.45) is 5.14. The first-order valence-corrected chi connectivity index (χ1v) is 10.9. The molecule has 0 aliphatic rings. The molecule has 0 N–H and O–H groups in total. The fourth-order valence-corrected chi connectivity index (χ4v) is 3.12. The molecule has 0 spiro atoms. The van der Waals surface area contributed by atoms with Crippen LogP contribution in [0.3, 0.4) is 0 Å². The van der Waals surface area contributed by atoms with Crippen LogP contribution in [0.15, 0.2) is 18.3 Å². The minimum absolute atomic E-state index is 0.0123. The van der Waals surface area contributed by atoms with Gasteiger partial charge in [-0.1, -0.05) is 34.1 Å². The van der Waals surface area contributed by atoms with Gasteiger partial charge in [-0.3, -0.25) is 9.59 Å². The maximum absolute atomic E-state index is 13.1. The van der Waals surface area contributed by atoms with Crippen LogP contribution in [0.5, 0.6) is 0 Å². The summed E-state index contributed by atoms with van der Waals surface area (Å²) in [7, 11) is 1.99. The average Bonchev–Trinajstić information content (AvgIpc) is 3.04. The fraction of sp³-hybridized carbons (Fsp3) is 0.739. The molecule has 0 saturated heterocycles. The molecule has 166 valence electrons. The Hall–Kier alpha value is -1.82. The van der Waals surface area contributed by atoms with E-state index in [4.69, 9.17) is 4.74 Å². The van der Waals surface area contributed by atoms with Gasteiger partial charge in [-0.2, -0.15) is 0 Å². The number of ether oxygens (including phenoxy) is 1. The van der Waals surface area contributed by atoms with Crippen LogP contribution in [0.25, 0.3) is 0 Å². The van der Waals surface area contributed by atoms with E-state index < -0.39 is 0 Å². The Balaban J connectivity index is 2.84. The number of carbonyl (C=O) groups is 2. The average molecular weight is 408 g/mol. The van der Waals surface area contributed by atoms with Gasteiger partial charge in [0, 0.05) is 51.7 Å². The van der Waals surface area contributed by atoms with Crippen molar-refractivity contribution in [3.8, 4) is 0 Å². The Labute approximate surface area is 177 Å². The van der Waals surface area contributed by atoms with Gasteiger partial charge in [0.05, 0.1) is 13.1 Å². The molecule has 0 atom stereocenters. The predicted octanol–water partition coefficient (Wildman–Crippen LogP) is 3.85. The normalized spacial score (nSPS) is 11.5. The number of aromatic nitrogens is 1. The van der Waals surface area contributed by atoms with E-state index in [1.165, 1.54) is 0 Å². The van der Waals surface area contributed by atoms with Gasteiger partial charge in [0.1, 0.15) is 0 Å². The van der Waals surface area contributed by atoms with Crippen LogP contribution in [0.1, 0.15) is 66.0 Å². The molecule has 2 amide bonds. The third-order valence-corrected chi connectivity index (χ3v) is 4.82. The topological polar surface area (TPSA) is 54.8 Å². The molecule has 29 heavy (non-hydrogen) atoms. The number of amides is 2. The summed E-state index contributed by atoms with van der Waals surface area (Å²) in [5, 5.41) is 0. The van der Waals surface area contributed by atoms with Crippen LogP contribution in [0, 0.1) is 5.41 Å². The summed E-state index contributed by atoms with van der Waals surface area (Å²) in [5.74, 6) is 0.0509. The number of carbonyl (C=O) groups excluding carboxylic acids is 2. The Kier molecular flexibility index (Phi) is 11.0. The molecule has 0 bridgehead atoms. The molecule has 0 saturated carbocycles. The predicted molar refractivity (Wildman–Crippen MR) is 118 cm³/mol. The Bertz CT molecular complexity index is 619. The van der Waals surface area contributed by atoms with Gasteiger partial charge in [0.2, 0.25) is 11.8 Å². The van der Waals surface area contributed by atoms with Gasteiger partial charge < -0.3 is 19.1 Å². The van der Waals surface area contributed by atoms with Crippen LogP contribution >= 0.6 is 0 Å². The van der Waals surface area contributed by atoms with E-state index in [2.05, 4.69) is 6.92 Å². The second-order valence-corrected chi connectivity index (χ2v) is 8.88. The number of rotatable bonds is 13. The van der Waals surface area contributed by atoms with Crippen molar-refractivity contribution in [2.75, 3.05) is 32.8 Å². The maximum atomic E-state index is 13.1. The van der Waals surface area contributed by atoms with E-state index >= 15 is 0 Å². The summed E-state index contributed by atoms with van der Waals surface area (Å²) in [6.45, 7) is 13.5. The molecule has 0 radical (unpaired) electrons. The number of nitrogens with zero attached hydrogens (tertiary/aromatic N) is 3. The van der Waals surface area contributed by atoms with Gasteiger partial charge in [0.15, 0.2) is 0 Å². The Morgan fingerprint density at radius 2 is 1.76 bits per heavy atom. The minimum Gasteiger partial charge on any atom is -0.382 e. The number of hydrogen-bond acceptors (Lipinski definition) is 3. The summed E-state index contributed by atoms with van der Waals surface area (Å²) in [6, 6.07) is 4.03. The number of unbranched alkanes of at least 4 members (excludes halogenated alkanes) is 1. The highest BCUT2D eigenvalue weighted by Crippen LogP contribution is 2.20. The lowest BCUT2D eigenvalue weighted by Gasteiger charge is -2.30. The molecular formula is C23H41N3O3. The van der Waals surface area contributed by atoms with E-state index in [1.54, 1.807) is 4.90 Å². The molecule has 6 nitrogen and oxygen atoms in total. The largest absolute Gasteiger partial charge is 0.382 e. The first kappa shape index (κ1) is 25.2. The Morgan fingerprint density at radius 3 is 2.31 bits per heavy atom. The minimum atomic E-state index is -0.108. The van der Waals surface area contributed by atoms with Crippen molar-refractivity contribution in [2.45, 2.75) is 66.8 Å². The molecule has 0 aromatic carbocycles. The molecule has 1 aromatic rings. The molecule has 6 heteroatoms. The monoisotopic (exact) mass is 407 g/mol. The van der Waals surface area contributed by atoms with Gasteiger partial charge in [-0.15, -0.1) is 0 Å². The van der Waals surface area contributed by atoms with E-state index in [1.807, 2.05) is 62.5 Å². The van der Waals surface area contributed by atoms with E-state index in [-0.39, 0.29) is 23.8 Å². The van der Waals surface area contributed by atoms with Crippen LogP contribution in [0.4, 0.5) is 0 Å². The zero-order valence-corrected chi connectivity index (χ0v) is 19.4. The number of aryl methyl sites for hydroxylation is 1. The zero-order valence-electron chi connectivity index (χ0n) is 19.4. The highest BCUT2D eigenvalue weighted by molar-refractivity contribution is 5.85. The third kappa shape index (κ3) is 9.97. The van der Waals surface area contributed by atoms with Crippen molar-refractivity contribution in [3.05, 3.63) is 24.0 Å². The fourth-order valence-electron chi connectivity index (χ4n) is 3.12. The summed E-state index contributed by atoms with van der Waals surface area (Å²) in [5.41, 5.74) is 0.988. The second kappa shape index (κ2) is 12.7. The van der Waals surface area contributed by atoms with Gasteiger partial charge in [-0.05, 0) is 37.3 Å². The highest BCUT2D eigenvalue weighted by atomic mass is 16.5. The number of hydrogen-bond donors (Lipinski definition) is 0. The lowest BCUT2D eigenvalue weighted by Crippen LogP contribution is -2.44. The first-order valence-electron chi connectivity index (χ1n) is 10.9. The van der Waals surface area contributed by atoms with Crippen molar-refractivity contribution < 1.29 is 14.3 Å². The zero-order chi connectivity index (χ0) is 21.9. The summed E-state index contributed by atoms with van der Waals surface area (Å²) >= 11 is 0. The summed E-state index contributed by atoms with van der Waals surface area (Å²) in [4.78, 5) is 29.6. The Morgan fingerprint density at radius 1 is 1.07 bits per heavy atom. The SMILES string of the molecule is CCCCN(Cc1cccn1C)C(=O)CN(CCCOCC)C(=O)CC(C)(C)C. The summed E-state index contributed by atoms with van der Waals surface area (Å²) < 4.78 is 7.46. The van der Waals surface area contributed by atoms with Crippen LogP contribution in [-0.2, 0) is 27.9 Å². The molecule has 0 fully saturated rings. The lowest BCUT2D eigenvalue weighted by molar-refractivity contribution is -0.142. The van der Waals surface area contributed by atoms with E-state index in [0.29, 0.717) is 39.3 Å². The molecule has 0 aliphatic heterocycles. The second-order valence-electron chi connectivity index (χ2n) is 8.88. The van der Waals surface area contributed by atoms with Gasteiger partial charge in [-0.25, -0.2) is 0 Å². The smallest absolute Gasteiger partial charge is 0.242 e. The lowest BCUT2D eigenvalue weighted by atomic mass is 9.91. The molecular weight excluding hydrogens is 366 g/mol. The van der Waals surface area contributed by atoms with Gasteiger partial charge >= 0.3 is 0 Å². The van der Waals surface area contributed by atoms with Crippen molar-refractivity contribution in [1.82, 2.24) is 14.4 Å². The van der Waals surface area contributed by atoms with Crippen molar-refractivity contribution in [3.63, 3.8) is 0 Å². The van der Waals surface area contributed by atoms with Crippen molar-refractivity contribution >= 4 is 11.8 Å². The molecule has 1 rings (SSSR count). The van der Waals surface area contributed by atoms with Crippen molar-refractivity contribution in [1.29, 1.82) is 0 Å². The van der Waals surface area contributed by atoms with Crippen LogP contribution in [0.2, 0.25) is 0 Å².